The summed E-state index contributed by atoms with van der Waals surface area (Å²) in [5.74, 6) is -0.517. The molecule has 0 aliphatic heterocycles. The molecule has 2 N–H and O–H groups in total. The lowest BCUT2D eigenvalue weighted by molar-refractivity contribution is -0.131. The van der Waals surface area contributed by atoms with Gasteiger partial charge in [-0.25, -0.2) is 0 Å². The monoisotopic (exact) mass is 486 g/mol. The Morgan fingerprint density at radius 1 is 0.939 bits per heavy atom. The molecule has 3 aromatic rings. The zero-order valence-electron chi connectivity index (χ0n) is 17.6. The van der Waals surface area contributed by atoms with E-state index in [-0.39, 0.29) is 25.0 Å². The molecule has 170 valence electrons. The predicted octanol–water partition coefficient (Wildman–Crippen LogP) is 4.87. The van der Waals surface area contributed by atoms with Gasteiger partial charge in [0.2, 0.25) is 0 Å². The van der Waals surface area contributed by atoms with Gasteiger partial charge in [0.1, 0.15) is 11.5 Å². The van der Waals surface area contributed by atoms with Gasteiger partial charge in [0, 0.05) is 29.7 Å². The second kappa shape index (κ2) is 11.4. The SMILES string of the molecule is CC(=O)Oc1cccc(C(=O)NCc2cccc(NC(=O)COc3ccc(Cl)cc3Cl)c2)c1. The van der Waals surface area contributed by atoms with Crippen molar-refractivity contribution in [2.45, 2.75) is 13.5 Å². The van der Waals surface area contributed by atoms with Gasteiger partial charge >= 0.3 is 5.97 Å². The minimum atomic E-state index is -0.465. The van der Waals surface area contributed by atoms with E-state index in [1.54, 1.807) is 48.5 Å². The minimum absolute atomic E-state index is 0.233. The topological polar surface area (TPSA) is 93.7 Å². The van der Waals surface area contributed by atoms with Crippen LogP contribution in [0.5, 0.6) is 11.5 Å². The number of carbonyl (C=O) groups excluding carboxylic acids is 3. The van der Waals surface area contributed by atoms with Crippen LogP contribution in [0.2, 0.25) is 10.0 Å². The van der Waals surface area contributed by atoms with Crippen molar-refractivity contribution in [1.82, 2.24) is 5.32 Å². The first-order valence-electron chi connectivity index (χ1n) is 9.83. The van der Waals surface area contributed by atoms with Crippen molar-refractivity contribution in [2.75, 3.05) is 11.9 Å². The van der Waals surface area contributed by atoms with Crippen molar-refractivity contribution in [1.29, 1.82) is 0 Å². The van der Waals surface area contributed by atoms with Crippen LogP contribution in [0.25, 0.3) is 0 Å². The quantitative estimate of drug-likeness (QED) is 0.350. The van der Waals surface area contributed by atoms with E-state index in [1.165, 1.54) is 19.1 Å². The molecule has 0 fully saturated rings. The fourth-order valence-corrected chi connectivity index (χ4v) is 3.31. The molecule has 0 saturated heterocycles. The number of halogens is 2. The Morgan fingerprint density at radius 2 is 1.73 bits per heavy atom. The minimum Gasteiger partial charge on any atom is -0.482 e. The lowest BCUT2D eigenvalue weighted by Gasteiger charge is -2.11. The zero-order valence-corrected chi connectivity index (χ0v) is 19.1. The Morgan fingerprint density at radius 3 is 2.48 bits per heavy atom. The fourth-order valence-electron chi connectivity index (χ4n) is 2.84. The average Bonchev–Trinajstić information content (AvgIpc) is 2.77. The van der Waals surface area contributed by atoms with Crippen molar-refractivity contribution < 1.29 is 23.9 Å². The number of hydrogen-bond acceptors (Lipinski definition) is 5. The lowest BCUT2D eigenvalue weighted by Crippen LogP contribution is -2.23. The van der Waals surface area contributed by atoms with Gasteiger partial charge in [0.05, 0.1) is 5.02 Å². The number of rotatable bonds is 8. The molecule has 3 rings (SSSR count). The molecule has 7 nitrogen and oxygen atoms in total. The molecule has 9 heteroatoms. The van der Waals surface area contributed by atoms with E-state index >= 15 is 0 Å². The van der Waals surface area contributed by atoms with Crippen LogP contribution in [0.3, 0.4) is 0 Å². The van der Waals surface area contributed by atoms with Crippen molar-refractivity contribution in [3.63, 3.8) is 0 Å². The van der Waals surface area contributed by atoms with Crippen molar-refractivity contribution in [2.24, 2.45) is 0 Å². The average molecular weight is 487 g/mol. The van der Waals surface area contributed by atoms with Crippen molar-refractivity contribution in [3.05, 3.63) is 87.9 Å². The van der Waals surface area contributed by atoms with Crippen LogP contribution in [0.15, 0.2) is 66.7 Å². The van der Waals surface area contributed by atoms with Gasteiger partial charge in [-0.2, -0.15) is 0 Å². The Labute approximate surface area is 200 Å². The molecule has 3 aromatic carbocycles. The summed E-state index contributed by atoms with van der Waals surface area (Å²) >= 11 is 11.9. The number of ether oxygens (including phenoxy) is 2. The number of esters is 1. The molecule has 0 unspecified atom stereocenters. The van der Waals surface area contributed by atoms with Gasteiger partial charge in [-0.15, -0.1) is 0 Å². The van der Waals surface area contributed by atoms with Crippen molar-refractivity contribution in [3.8, 4) is 11.5 Å². The summed E-state index contributed by atoms with van der Waals surface area (Å²) in [6.45, 7) is 1.29. The summed E-state index contributed by atoms with van der Waals surface area (Å²) in [7, 11) is 0. The fraction of sp³-hybridized carbons (Fsp3) is 0.125. The standard InChI is InChI=1S/C24H20Cl2N2O5/c1-15(29)33-20-7-3-5-17(11-20)24(31)27-13-16-4-2-6-19(10-16)28-23(30)14-32-22-9-8-18(25)12-21(22)26/h2-12H,13-14H2,1H3,(H,27,31)(H,28,30). The van der Waals surface area contributed by atoms with Gasteiger partial charge in [0.25, 0.3) is 11.8 Å². The summed E-state index contributed by atoms with van der Waals surface area (Å²) in [6, 6.07) is 18.1. The number of nitrogens with one attached hydrogen (secondary N) is 2. The first-order valence-corrected chi connectivity index (χ1v) is 10.6. The molecule has 2 amide bonds. The largest absolute Gasteiger partial charge is 0.482 e. The summed E-state index contributed by atoms with van der Waals surface area (Å²) < 4.78 is 10.4. The van der Waals surface area contributed by atoms with E-state index in [0.717, 1.165) is 5.56 Å². The maximum absolute atomic E-state index is 12.4. The van der Waals surface area contributed by atoms with E-state index in [4.69, 9.17) is 32.7 Å². The predicted molar refractivity (Wildman–Crippen MR) is 126 cm³/mol. The zero-order chi connectivity index (χ0) is 23.8. The molecule has 0 aliphatic carbocycles. The first-order chi connectivity index (χ1) is 15.8. The third-order valence-electron chi connectivity index (χ3n) is 4.27. The van der Waals surface area contributed by atoms with Crippen LogP contribution >= 0.6 is 23.2 Å². The number of amides is 2. The molecule has 0 aliphatic rings. The lowest BCUT2D eigenvalue weighted by atomic mass is 10.1. The van der Waals surface area contributed by atoms with E-state index < -0.39 is 5.97 Å². The Balaban J connectivity index is 1.53. The van der Waals surface area contributed by atoms with Gasteiger partial charge in [-0.05, 0) is 54.1 Å². The number of hydrogen-bond donors (Lipinski definition) is 2. The molecule has 0 spiro atoms. The smallest absolute Gasteiger partial charge is 0.308 e. The molecular formula is C24H20Cl2N2O5. The van der Waals surface area contributed by atoms with Crippen LogP contribution in [0.1, 0.15) is 22.8 Å². The van der Waals surface area contributed by atoms with Gasteiger partial charge in [0.15, 0.2) is 6.61 Å². The second-order valence-electron chi connectivity index (χ2n) is 6.92. The van der Waals surface area contributed by atoms with Crippen LogP contribution < -0.4 is 20.1 Å². The Hall–Kier alpha value is -3.55. The highest BCUT2D eigenvalue weighted by atomic mass is 35.5. The summed E-state index contributed by atoms with van der Waals surface area (Å²) in [6.07, 6.45) is 0. The van der Waals surface area contributed by atoms with Crippen molar-refractivity contribution >= 4 is 46.7 Å². The molecule has 0 atom stereocenters. The molecule has 0 saturated carbocycles. The molecule has 33 heavy (non-hydrogen) atoms. The van der Waals surface area contributed by atoms with Gasteiger partial charge in [-0.1, -0.05) is 41.4 Å². The third kappa shape index (κ3) is 7.52. The number of anilines is 1. The van der Waals surface area contributed by atoms with E-state index in [0.29, 0.717) is 32.8 Å². The first kappa shape index (κ1) is 24.1. The van der Waals surface area contributed by atoms with Gasteiger partial charge in [-0.3, -0.25) is 14.4 Å². The summed E-state index contributed by atoms with van der Waals surface area (Å²) in [4.78, 5) is 35.7. The van der Waals surface area contributed by atoms with Crippen LogP contribution in [-0.4, -0.2) is 24.4 Å². The second-order valence-corrected chi connectivity index (χ2v) is 7.76. The molecule has 0 aromatic heterocycles. The van der Waals surface area contributed by atoms with Gasteiger partial charge < -0.3 is 20.1 Å². The molecule has 0 bridgehead atoms. The number of benzene rings is 3. The third-order valence-corrected chi connectivity index (χ3v) is 4.80. The summed E-state index contributed by atoms with van der Waals surface area (Å²) in [5.41, 5.74) is 1.68. The molecular weight excluding hydrogens is 467 g/mol. The highest BCUT2D eigenvalue weighted by Gasteiger charge is 2.10. The highest BCUT2D eigenvalue weighted by Crippen LogP contribution is 2.27. The maximum Gasteiger partial charge on any atom is 0.308 e. The number of carbonyl (C=O) groups is 3. The van der Waals surface area contributed by atoms with E-state index in [1.807, 2.05) is 6.07 Å². The maximum atomic E-state index is 12.4. The Bertz CT molecular complexity index is 1180. The summed E-state index contributed by atoms with van der Waals surface area (Å²) in [5, 5.41) is 6.31. The molecule has 0 radical (unpaired) electrons. The van der Waals surface area contributed by atoms with Crippen LogP contribution in [0.4, 0.5) is 5.69 Å². The normalized spacial score (nSPS) is 10.3. The van der Waals surface area contributed by atoms with E-state index in [9.17, 15) is 14.4 Å². The highest BCUT2D eigenvalue weighted by molar-refractivity contribution is 6.35. The van der Waals surface area contributed by atoms with E-state index in [2.05, 4.69) is 10.6 Å². The Kier molecular flexibility index (Phi) is 8.29. The molecule has 0 heterocycles. The van der Waals surface area contributed by atoms with Crippen LogP contribution in [-0.2, 0) is 16.1 Å². The van der Waals surface area contributed by atoms with Crippen LogP contribution in [0, 0.1) is 0 Å².